The van der Waals surface area contributed by atoms with Crippen molar-refractivity contribution in [1.82, 2.24) is 19.8 Å². The Labute approximate surface area is 150 Å². The molecule has 25 heavy (non-hydrogen) atoms. The van der Waals surface area contributed by atoms with Gasteiger partial charge in [-0.15, -0.1) is 0 Å². The standard InChI is InChI=1S/C19H30N4O2/c1-13-8-11-22(12-9-13)18(25)15-14-7-5-6-10-23(14)16(20-15)17(24)21-19(2,3)4/h13H,5-12H2,1-4H3,(H,21,24). The van der Waals surface area contributed by atoms with Crippen molar-refractivity contribution in [2.24, 2.45) is 5.92 Å². The predicted molar refractivity (Wildman–Crippen MR) is 96.7 cm³/mol. The molecule has 1 N–H and O–H groups in total. The average Bonchev–Trinajstić information content (AvgIpc) is 2.93. The van der Waals surface area contributed by atoms with Crippen molar-refractivity contribution in [3.8, 4) is 0 Å². The third kappa shape index (κ3) is 3.88. The number of amides is 2. The van der Waals surface area contributed by atoms with Gasteiger partial charge in [0.05, 0.1) is 5.69 Å². The summed E-state index contributed by atoms with van der Waals surface area (Å²) < 4.78 is 1.96. The smallest absolute Gasteiger partial charge is 0.287 e. The van der Waals surface area contributed by atoms with Crippen molar-refractivity contribution in [3.63, 3.8) is 0 Å². The monoisotopic (exact) mass is 346 g/mol. The van der Waals surface area contributed by atoms with E-state index in [4.69, 9.17) is 0 Å². The zero-order valence-corrected chi connectivity index (χ0v) is 15.9. The molecule has 2 aliphatic rings. The highest BCUT2D eigenvalue weighted by atomic mass is 16.2. The Morgan fingerprint density at radius 1 is 1.12 bits per heavy atom. The second kappa shape index (κ2) is 6.81. The summed E-state index contributed by atoms with van der Waals surface area (Å²) in [5, 5.41) is 2.98. The molecule has 2 amide bonds. The predicted octanol–water partition coefficient (Wildman–Crippen LogP) is 2.62. The van der Waals surface area contributed by atoms with Crippen molar-refractivity contribution in [3.05, 3.63) is 17.2 Å². The van der Waals surface area contributed by atoms with Gasteiger partial charge in [0.25, 0.3) is 11.8 Å². The lowest BCUT2D eigenvalue weighted by Crippen LogP contribution is -2.42. The lowest BCUT2D eigenvalue weighted by molar-refractivity contribution is 0.0690. The first-order valence-corrected chi connectivity index (χ1v) is 9.47. The maximum atomic E-state index is 13.0. The molecule has 0 radical (unpaired) electrons. The fourth-order valence-electron chi connectivity index (χ4n) is 3.65. The third-order valence-corrected chi connectivity index (χ3v) is 5.08. The zero-order valence-electron chi connectivity index (χ0n) is 15.9. The molecule has 6 heteroatoms. The zero-order chi connectivity index (χ0) is 18.2. The Bertz CT molecular complexity index is 664. The second-order valence-corrected chi connectivity index (χ2v) is 8.52. The van der Waals surface area contributed by atoms with E-state index in [1.54, 1.807) is 0 Å². The summed E-state index contributed by atoms with van der Waals surface area (Å²) in [5.74, 6) is 0.862. The number of carbonyl (C=O) groups is 2. The van der Waals surface area contributed by atoms with Gasteiger partial charge in [-0.25, -0.2) is 4.98 Å². The fraction of sp³-hybridized carbons (Fsp3) is 0.737. The maximum Gasteiger partial charge on any atom is 0.287 e. The fourth-order valence-corrected chi connectivity index (χ4v) is 3.65. The number of hydrogen-bond donors (Lipinski definition) is 1. The molecule has 6 nitrogen and oxygen atoms in total. The minimum Gasteiger partial charge on any atom is -0.345 e. The molecule has 0 saturated carbocycles. The second-order valence-electron chi connectivity index (χ2n) is 8.52. The lowest BCUT2D eigenvalue weighted by atomic mass is 9.98. The molecule has 1 aromatic rings. The molecule has 0 aromatic carbocycles. The Balaban J connectivity index is 1.89. The molecule has 1 aromatic heterocycles. The van der Waals surface area contributed by atoms with Crippen LogP contribution >= 0.6 is 0 Å². The van der Waals surface area contributed by atoms with Gasteiger partial charge in [0.2, 0.25) is 0 Å². The van der Waals surface area contributed by atoms with Crippen LogP contribution in [0.1, 0.15) is 80.2 Å². The van der Waals surface area contributed by atoms with Crippen LogP contribution < -0.4 is 5.32 Å². The van der Waals surface area contributed by atoms with E-state index in [0.29, 0.717) is 17.4 Å². The van der Waals surface area contributed by atoms with Crippen molar-refractivity contribution in [2.45, 2.75) is 71.9 Å². The Morgan fingerprint density at radius 3 is 2.44 bits per heavy atom. The molecule has 0 aliphatic carbocycles. The number of nitrogens with one attached hydrogen (secondary N) is 1. The molecule has 138 valence electrons. The van der Waals surface area contributed by atoms with E-state index in [2.05, 4.69) is 17.2 Å². The molecule has 1 saturated heterocycles. The van der Waals surface area contributed by atoms with Crippen molar-refractivity contribution >= 4 is 11.8 Å². The molecule has 3 rings (SSSR count). The molecule has 0 spiro atoms. The van der Waals surface area contributed by atoms with E-state index in [1.807, 2.05) is 30.2 Å². The van der Waals surface area contributed by atoms with Crippen molar-refractivity contribution in [1.29, 1.82) is 0 Å². The molecule has 1 fully saturated rings. The number of aromatic nitrogens is 2. The number of imidazole rings is 1. The van der Waals surface area contributed by atoms with E-state index in [-0.39, 0.29) is 17.4 Å². The minimum absolute atomic E-state index is 0.00708. The van der Waals surface area contributed by atoms with Crippen LogP contribution in [0.2, 0.25) is 0 Å². The van der Waals surface area contributed by atoms with E-state index < -0.39 is 0 Å². The van der Waals surface area contributed by atoms with Crippen LogP contribution in [0, 0.1) is 5.92 Å². The summed E-state index contributed by atoms with van der Waals surface area (Å²) in [5.41, 5.74) is 1.10. The molecule has 0 bridgehead atoms. The molecular weight excluding hydrogens is 316 g/mol. The number of likely N-dealkylation sites (tertiary alicyclic amines) is 1. The van der Waals surface area contributed by atoms with Crippen LogP contribution in [0.4, 0.5) is 0 Å². The van der Waals surface area contributed by atoms with Gasteiger partial charge in [0.15, 0.2) is 5.82 Å². The summed E-state index contributed by atoms with van der Waals surface area (Å²) in [4.78, 5) is 32.1. The number of piperidine rings is 1. The van der Waals surface area contributed by atoms with Crippen molar-refractivity contribution < 1.29 is 9.59 Å². The first kappa shape index (κ1) is 18.0. The van der Waals surface area contributed by atoms with Crippen LogP contribution in [-0.2, 0) is 13.0 Å². The number of fused-ring (bicyclic) bond motifs is 1. The van der Waals surface area contributed by atoms with Gasteiger partial charge in [0.1, 0.15) is 5.69 Å². The van der Waals surface area contributed by atoms with Gasteiger partial charge >= 0.3 is 0 Å². The van der Waals surface area contributed by atoms with Crippen LogP contribution in [0.5, 0.6) is 0 Å². The SMILES string of the molecule is CC1CCN(C(=O)c2nc(C(=O)NC(C)(C)C)n3c2CCCC3)CC1. The van der Waals surface area contributed by atoms with E-state index >= 15 is 0 Å². The van der Waals surface area contributed by atoms with Crippen LogP contribution in [0.25, 0.3) is 0 Å². The summed E-state index contributed by atoms with van der Waals surface area (Å²) in [6.45, 7) is 10.4. The Kier molecular flexibility index (Phi) is 4.89. The highest BCUT2D eigenvalue weighted by Crippen LogP contribution is 2.24. The van der Waals surface area contributed by atoms with Gasteiger partial charge in [0, 0.05) is 25.2 Å². The largest absolute Gasteiger partial charge is 0.345 e. The van der Waals surface area contributed by atoms with Crippen molar-refractivity contribution in [2.75, 3.05) is 13.1 Å². The number of nitrogens with zero attached hydrogens (tertiary/aromatic N) is 3. The van der Waals surface area contributed by atoms with Gasteiger partial charge < -0.3 is 14.8 Å². The summed E-state index contributed by atoms with van der Waals surface area (Å²) in [7, 11) is 0. The number of rotatable bonds is 2. The maximum absolute atomic E-state index is 13.0. The van der Waals surface area contributed by atoms with E-state index in [1.165, 1.54) is 0 Å². The lowest BCUT2D eigenvalue weighted by Gasteiger charge is -2.30. The van der Waals surface area contributed by atoms with Crippen LogP contribution in [-0.4, -0.2) is 44.9 Å². The quantitative estimate of drug-likeness (QED) is 0.895. The molecule has 0 unspecified atom stereocenters. The molecule has 0 atom stereocenters. The first-order valence-electron chi connectivity index (χ1n) is 9.47. The highest BCUT2D eigenvalue weighted by Gasteiger charge is 2.31. The number of carbonyl (C=O) groups excluding carboxylic acids is 2. The van der Waals surface area contributed by atoms with Gasteiger partial charge in [-0.2, -0.15) is 0 Å². The van der Waals surface area contributed by atoms with Gasteiger partial charge in [-0.1, -0.05) is 6.92 Å². The Hall–Kier alpha value is -1.85. The third-order valence-electron chi connectivity index (χ3n) is 5.08. The summed E-state index contributed by atoms with van der Waals surface area (Å²) in [6, 6.07) is 0. The molecular formula is C19H30N4O2. The van der Waals surface area contributed by atoms with Gasteiger partial charge in [-0.3, -0.25) is 9.59 Å². The highest BCUT2D eigenvalue weighted by molar-refractivity contribution is 5.97. The van der Waals surface area contributed by atoms with Crippen LogP contribution in [0.3, 0.4) is 0 Å². The average molecular weight is 346 g/mol. The minimum atomic E-state index is -0.328. The summed E-state index contributed by atoms with van der Waals surface area (Å²) in [6.07, 6.45) is 4.97. The first-order chi connectivity index (χ1) is 11.8. The van der Waals surface area contributed by atoms with E-state index in [9.17, 15) is 9.59 Å². The number of hydrogen-bond acceptors (Lipinski definition) is 3. The molecule has 3 heterocycles. The van der Waals surface area contributed by atoms with Crippen LogP contribution in [0.15, 0.2) is 0 Å². The molecule has 2 aliphatic heterocycles. The Morgan fingerprint density at radius 2 is 1.80 bits per heavy atom. The van der Waals surface area contributed by atoms with E-state index in [0.717, 1.165) is 57.4 Å². The topological polar surface area (TPSA) is 67.2 Å². The van der Waals surface area contributed by atoms with Gasteiger partial charge in [-0.05, 0) is 58.8 Å². The normalized spacial score (nSPS) is 18.8. The summed E-state index contributed by atoms with van der Waals surface area (Å²) >= 11 is 0.